The van der Waals surface area contributed by atoms with Crippen molar-refractivity contribution in [1.82, 2.24) is 9.97 Å². The Balaban J connectivity index is 1.65. The van der Waals surface area contributed by atoms with E-state index in [9.17, 15) is 4.79 Å². The predicted octanol–water partition coefficient (Wildman–Crippen LogP) is 2.34. The van der Waals surface area contributed by atoms with Crippen molar-refractivity contribution in [2.45, 2.75) is 72.0 Å². The number of anilines is 1. The molecule has 1 aromatic rings. The molecule has 0 N–H and O–H groups in total. The van der Waals surface area contributed by atoms with Crippen LogP contribution in [-0.2, 0) is 18.8 Å². The minimum atomic E-state index is -0.461. The molecule has 154 valence electrons. The van der Waals surface area contributed by atoms with E-state index in [-0.39, 0.29) is 22.6 Å². The maximum absolute atomic E-state index is 12.4. The van der Waals surface area contributed by atoms with Crippen molar-refractivity contribution < 1.29 is 18.8 Å². The smallest absolute Gasteiger partial charge is 0.466 e. The average Bonchev–Trinajstić information content (AvgIpc) is 2.89. The van der Waals surface area contributed by atoms with E-state index in [1.807, 2.05) is 34.6 Å². The highest BCUT2D eigenvalue weighted by Gasteiger charge is 2.52. The van der Waals surface area contributed by atoms with Crippen LogP contribution in [0.1, 0.15) is 60.8 Å². The van der Waals surface area contributed by atoms with Crippen LogP contribution < -0.4 is 10.4 Å². The van der Waals surface area contributed by atoms with E-state index in [0.29, 0.717) is 12.6 Å². The van der Waals surface area contributed by atoms with Crippen LogP contribution in [0.4, 0.5) is 5.95 Å². The zero-order valence-electron chi connectivity index (χ0n) is 17.9. The predicted molar refractivity (Wildman–Crippen MR) is 109 cm³/mol. The highest BCUT2D eigenvalue weighted by molar-refractivity contribution is 6.61. The molecule has 2 aliphatic heterocycles. The molecule has 0 spiro atoms. The molecule has 0 aromatic carbocycles. The molecule has 0 bridgehead atoms. The lowest BCUT2D eigenvalue weighted by Crippen LogP contribution is -2.45. The summed E-state index contributed by atoms with van der Waals surface area (Å²) in [6.07, 6.45) is 5.85. The molecule has 2 saturated heterocycles. The maximum Gasteiger partial charge on any atom is 0.498 e. The largest absolute Gasteiger partial charge is 0.498 e. The molecule has 28 heavy (non-hydrogen) atoms. The topological polar surface area (TPSA) is 73.8 Å². The number of esters is 1. The summed E-state index contributed by atoms with van der Waals surface area (Å²) in [7, 11) is -0.461. The second kappa shape index (κ2) is 7.63. The molecular weight excluding hydrogens is 357 g/mol. The van der Waals surface area contributed by atoms with Gasteiger partial charge in [-0.25, -0.2) is 9.97 Å². The van der Waals surface area contributed by atoms with Gasteiger partial charge in [-0.1, -0.05) is 6.92 Å². The van der Waals surface area contributed by atoms with Crippen LogP contribution >= 0.6 is 0 Å². The Morgan fingerprint density at radius 2 is 1.64 bits per heavy atom. The van der Waals surface area contributed by atoms with Gasteiger partial charge in [0.2, 0.25) is 5.95 Å². The molecule has 0 atom stereocenters. The van der Waals surface area contributed by atoms with Crippen molar-refractivity contribution in [1.29, 1.82) is 0 Å². The number of hydrogen-bond acceptors (Lipinski definition) is 7. The zero-order valence-corrected chi connectivity index (χ0v) is 17.9. The zero-order chi connectivity index (χ0) is 20.6. The van der Waals surface area contributed by atoms with E-state index < -0.39 is 7.12 Å². The van der Waals surface area contributed by atoms with E-state index in [1.54, 1.807) is 12.4 Å². The van der Waals surface area contributed by atoms with Crippen LogP contribution in [-0.4, -0.2) is 54.0 Å². The SMILES string of the molecule is CCOC(=O)C1(CC)CCN(c2ncc(B3OC(C)(C)C(C)(C)O3)cn2)CC1. The number of carbonyl (C=O) groups is 1. The first kappa shape index (κ1) is 21.1. The highest BCUT2D eigenvalue weighted by atomic mass is 16.7. The Hall–Kier alpha value is -1.67. The van der Waals surface area contributed by atoms with Gasteiger partial charge >= 0.3 is 13.1 Å². The molecule has 2 aliphatic rings. The van der Waals surface area contributed by atoms with Crippen LogP contribution in [0.15, 0.2) is 12.4 Å². The first-order valence-electron chi connectivity index (χ1n) is 10.2. The summed E-state index contributed by atoms with van der Waals surface area (Å²) in [5.41, 5.74) is -0.344. The van der Waals surface area contributed by atoms with Crippen molar-refractivity contribution in [3.63, 3.8) is 0 Å². The number of carbonyl (C=O) groups excluding carboxylic acids is 1. The first-order chi connectivity index (χ1) is 13.1. The van der Waals surface area contributed by atoms with Gasteiger partial charge < -0.3 is 18.9 Å². The van der Waals surface area contributed by atoms with Gasteiger partial charge in [-0.05, 0) is 53.9 Å². The van der Waals surface area contributed by atoms with Gasteiger partial charge in [0, 0.05) is 30.9 Å². The number of rotatable bonds is 5. The van der Waals surface area contributed by atoms with E-state index in [2.05, 4.69) is 21.8 Å². The molecule has 3 rings (SSSR count). The van der Waals surface area contributed by atoms with Crippen LogP contribution in [0.5, 0.6) is 0 Å². The summed E-state index contributed by atoms with van der Waals surface area (Å²) >= 11 is 0. The third kappa shape index (κ3) is 3.76. The van der Waals surface area contributed by atoms with E-state index in [4.69, 9.17) is 14.0 Å². The monoisotopic (exact) mass is 389 g/mol. The molecule has 1 aromatic heterocycles. The Labute approximate surface area is 168 Å². The summed E-state index contributed by atoms with van der Waals surface area (Å²) in [5, 5.41) is 0. The van der Waals surface area contributed by atoms with Crippen LogP contribution in [0.3, 0.4) is 0 Å². The average molecular weight is 389 g/mol. The standard InChI is InChI=1S/C20H32BN3O4/c1-7-20(16(25)26-8-2)9-11-24(12-10-20)17-22-13-15(14-23-17)21-27-18(3,4)19(5,6)28-21/h13-14H,7-12H2,1-6H3. The second-order valence-corrected chi connectivity index (χ2v) is 8.75. The summed E-state index contributed by atoms with van der Waals surface area (Å²) in [6, 6.07) is 0. The molecule has 0 unspecified atom stereocenters. The fraction of sp³-hybridized carbons (Fsp3) is 0.750. The van der Waals surface area contributed by atoms with Gasteiger partial charge in [-0.3, -0.25) is 4.79 Å². The fourth-order valence-corrected chi connectivity index (χ4v) is 3.72. The summed E-state index contributed by atoms with van der Waals surface area (Å²) in [5.74, 6) is 0.600. The van der Waals surface area contributed by atoms with Gasteiger partial charge in [0.15, 0.2) is 0 Å². The number of nitrogens with zero attached hydrogens (tertiary/aromatic N) is 3. The lowest BCUT2D eigenvalue weighted by molar-refractivity contribution is -0.157. The fourth-order valence-electron chi connectivity index (χ4n) is 3.72. The molecule has 7 nitrogen and oxygen atoms in total. The molecule has 3 heterocycles. The van der Waals surface area contributed by atoms with Crippen LogP contribution in [0, 0.1) is 5.41 Å². The third-order valence-electron chi connectivity index (χ3n) is 6.57. The van der Waals surface area contributed by atoms with Gasteiger partial charge in [0.05, 0.1) is 23.2 Å². The summed E-state index contributed by atoms with van der Waals surface area (Å²) in [4.78, 5) is 23.6. The van der Waals surface area contributed by atoms with Gasteiger partial charge in [0.1, 0.15) is 0 Å². The third-order valence-corrected chi connectivity index (χ3v) is 6.57. The lowest BCUT2D eigenvalue weighted by Gasteiger charge is -2.39. The first-order valence-corrected chi connectivity index (χ1v) is 10.2. The normalized spacial score (nSPS) is 22.9. The minimum absolute atomic E-state index is 0.0748. The highest BCUT2D eigenvalue weighted by Crippen LogP contribution is 2.38. The Kier molecular flexibility index (Phi) is 5.74. The molecule has 0 radical (unpaired) electrons. The Bertz CT molecular complexity index is 684. The number of hydrogen-bond donors (Lipinski definition) is 0. The van der Waals surface area contributed by atoms with Gasteiger partial charge in [0.25, 0.3) is 0 Å². The Morgan fingerprint density at radius 3 is 2.11 bits per heavy atom. The van der Waals surface area contributed by atoms with Crippen molar-refractivity contribution in [3.8, 4) is 0 Å². The van der Waals surface area contributed by atoms with Crippen LogP contribution in [0.2, 0.25) is 0 Å². The molecule has 0 aliphatic carbocycles. The van der Waals surface area contributed by atoms with Crippen LogP contribution in [0.25, 0.3) is 0 Å². The molecule has 8 heteroatoms. The quantitative estimate of drug-likeness (QED) is 0.565. The lowest BCUT2D eigenvalue weighted by atomic mass is 9.76. The van der Waals surface area contributed by atoms with E-state index in [0.717, 1.165) is 37.8 Å². The van der Waals surface area contributed by atoms with Gasteiger partial charge in [-0.2, -0.15) is 0 Å². The van der Waals surface area contributed by atoms with Gasteiger partial charge in [-0.15, -0.1) is 0 Å². The number of piperidine rings is 1. The summed E-state index contributed by atoms with van der Waals surface area (Å²) in [6.45, 7) is 13.9. The number of ether oxygens (including phenoxy) is 1. The number of aromatic nitrogens is 2. The van der Waals surface area contributed by atoms with Crippen molar-refractivity contribution in [2.75, 3.05) is 24.6 Å². The van der Waals surface area contributed by atoms with Crippen molar-refractivity contribution in [3.05, 3.63) is 12.4 Å². The minimum Gasteiger partial charge on any atom is -0.466 e. The van der Waals surface area contributed by atoms with E-state index >= 15 is 0 Å². The second-order valence-electron chi connectivity index (χ2n) is 8.75. The maximum atomic E-state index is 12.4. The summed E-state index contributed by atoms with van der Waals surface area (Å²) < 4.78 is 17.4. The molecule has 2 fully saturated rings. The Morgan fingerprint density at radius 1 is 1.11 bits per heavy atom. The van der Waals surface area contributed by atoms with Crippen molar-refractivity contribution in [2.24, 2.45) is 5.41 Å². The van der Waals surface area contributed by atoms with Crippen molar-refractivity contribution >= 4 is 24.5 Å². The molecular formula is C20H32BN3O4. The van der Waals surface area contributed by atoms with E-state index in [1.165, 1.54) is 0 Å². The molecule has 0 amide bonds. The molecule has 0 saturated carbocycles.